The number of piperidine rings is 1. The van der Waals surface area contributed by atoms with Crippen LogP contribution in [0.15, 0.2) is 0 Å². The van der Waals surface area contributed by atoms with Crippen LogP contribution in [0.25, 0.3) is 0 Å². The lowest BCUT2D eigenvalue weighted by atomic mass is 10.1. The van der Waals surface area contributed by atoms with Crippen LogP contribution in [0.4, 0.5) is 0 Å². The highest BCUT2D eigenvalue weighted by Gasteiger charge is 2.19. The van der Waals surface area contributed by atoms with Gasteiger partial charge in [-0.2, -0.15) is 0 Å². The van der Waals surface area contributed by atoms with Crippen LogP contribution in [0.2, 0.25) is 0 Å². The smallest absolute Gasteiger partial charge is 0.231 e. The number of rotatable bonds is 5. The topological polar surface area (TPSA) is 58.4 Å². The molecule has 0 radical (unpaired) electrons. The second-order valence-electron chi connectivity index (χ2n) is 3.99. The van der Waals surface area contributed by atoms with Gasteiger partial charge in [-0.15, -0.1) is 0 Å². The molecule has 14 heavy (non-hydrogen) atoms. The molecule has 1 rings (SSSR count). The summed E-state index contributed by atoms with van der Waals surface area (Å²) in [6, 6.07) is 0.544. The van der Waals surface area contributed by atoms with Crippen molar-refractivity contribution in [3.05, 3.63) is 0 Å². The molecule has 0 aromatic heterocycles. The minimum absolute atomic E-state index is 0.221. The monoisotopic (exact) mass is 199 g/mol. The predicted octanol–water partition coefficient (Wildman–Crippen LogP) is -0.0643. The standard InChI is InChI=1S/C10H21N3O/c1-2-5-12-9-4-3-6-13(7-9)8-10(11)14/h9,12H,2-8H2,1H3,(H2,11,14). The molecule has 1 fully saturated rings. The Kier molecular flexibility index (Phi) is 4.90. The van der Waals surface area contributed by atoms with E-state index in [4.69, 9.17) is 5.73 Å². The Morgan fingerprint density at radius 3 is 3.07 bits per heavy atom. The highest BCUT2D eigenvalue weighted by atomic mass is 16.1. The Bertz CT molecular complexity index is 184. The first-order valence-electron chi connectivity index (χ1n) is 5.46. The number of likely N-dealkylation sites (tertiary alicyclic amines) is 1. The Balaban J connectivity index is 2.24. The molecule has 1 aliphatic rings. The number of carbonyl (C=O) groups excluding carboxylic acids is 1. The van der Waals surface area contributed by atoms with Crippen molar-refractivity contribution in [2.24, 2.45) is 5.73 Å². The fourth-order valence-corrected chi connectivity index (χ4v) is 1.93. The Labute approximate surface area is 85.8 Å². The van der Waals surface area contributed by atoms with Crippen molar-refractivity contribution in [1.29, 1.82) is 0 Å². The van der Waals surface area contributed by atoms with Gasteiger partial charge in [0.15, 0.2) is 0 Å². The molecule has 1 saturated heterocycles. The molecular formula is C10H21N3O. The van der Waals surface area contributed by atoms with Gasteiger partial charge in [-0.1, -0.05) is 6.92 Å². The van der Waals surface area contributed by atoms with Crippen LogP contribution in [0.5, 0.6) is 0 Å². The van der Waals surface area contributed by atoms with Crippen LogP contribution < -0.4 is 11.1 Å². The zero-order chi connectivity index (χ0) is 10.4. The Morgan fingerprint density at radius 1 is 1.64 bits per heavy atom. The number of nitrogens with one attached hydrogen (secondary N) is 1. The highest BCUT2D eigenvalue weighted by Crippen LogP contribution is 2.09. The van der Waals surface area contributed by atoms with Gasteiger partial charge in [0.05, 0.1) is 6.54 Å². The van der Waals surface area contributed by atoms with E-state index in [0.29, 0.717) is 12.6 Å². The van der Waals surface area contributed by atoms with E-state index >= 15 is 0 Å². The number of hydrogen-bond donors (Lipinski definition) is 2. The van der Waals surface area contributed by atoms with Gasteiger partial charge >= 0.3 is 0 Å². The van der Waals surface area contributed by atoms with Crippen LogP contribution in [0.1, 0.15) is 26.2 Å². The van der Waals surface area contributed by atoms with E-state index in [2.05, 4.69) is 17.1 Å². The molecule has 3 N–H and O–H groups in total. The fraction of sp³-hybridized carbons (Fsp3) is 0.900. The number of amides is 1. The molecular weight excluding hydrogens is 178 g/mol. The van der Waals surface area contributed by atoms with Crippen molar-refractivity contribution < 1.29 is 4.79 Å². The van der Waals surface area contributed by atoms with E-state index in [1.54, 1.807) is 0 Å². The molecule has 0 aromatic rings. The molecule has 0 bridgehead atoms. The lowest BCUT2D eigenvalue weighted by Crippen LogP contribution is -2.48. The van der Waals surface area contributed by atoms with E-state index in [1.807, 2.05) is 0 Å². The lowest BCUT2D eigenvalue weighted by molar-refractivity contribution is -0.119. The van der Waals surface area contributed by atoms with E-state index in [1.165, 1.54) is 6.42 Å². The summed E-state index contributed by atoms with van der Waals surface area (Å²) in [5.74, 6) is -0.221. The highest BCUT2D eigenvalue weighted by molar-refractivity contribution is 5.75. The molecule has 1 unspecified atom stereocenters. The minimum Gasteiger partial charge on any atom is -0.369 e. The third-order valence-electron chi connectivity index (χ3n) is 2.57. The molecule has 1 aliphatic heterocycles. The van der Waals surface area contributed by atoms with E-state index in [-0.39, 0.29) is 5.91 Å². The zero-order valence-corrected chi connectivity index (χ0v) is 8.96. The summed E-state index contributed by atoms with van der Waals surface area (Å²) in [6.07, 6.45) is 3.54. The van der Waals surface area contributed by atoms with Gasteiger partial charge in [-0.25, -0.2) is 0 Å². The van der Waals surface area contributed by atoms with Crippen molar-refractivity contribution in [3.63, 3.8) is 0 Å². The van der Waals surface area contributed by atoms with Crippen molar-refractivity contribution >= 4 is 5.91 Å². The minimum atomic E-state index is -0.221. The molecule has 1 atom stereocenters. The van der Waals surface area contributed by atoms with Crippen molar-refractivity contribution in [1.82, 2.24) is 10.2 Å². The van der Waals surface area contributed by atoms with Crippen molar-refractivity contribution in [3.8, 4) is 0 Å². The number of nitrogens with zero attached hydrogens (tertiary/aromatic N) is 1. The van der Waals surface area contributed by atoms with Gasteiger partial charge in [0.25, 0.3) is 0 Å². The average molecular weight is 199 g/mol. The van der Waals surface area contributed by atoms with Gasteiger partial charge in [0.2, 0.25) is 5.91 Å². The summed E-state index contributed by atoms with van der Waals surface area (Å²) in [7, 11) is 0. The molecule has 0 saturated carbocycles. The zero-order valence-electron chi connectivity index (χ0n) is 8.96. The second kappa shape index (κ2) is 5.98. The van der Waals surface area contributed by atoms with Crippen LogP contribution in [0.3, 0.4) is 0 Å². The predicted molar refractivity (Wildman–Crippen MR) is 57.0 cm³/mol. The number of nitrogens with two attached hydrogens (primary N) is 1. The fourth-order valence-electron chi connectivity index (χ4n) is 1.93. The third-order valence-corrected chi connectivity index (χ3v) is 2.57. The maximum atomic E-state index is 10.7. The second-order valence-corrected chi connectivity index (χ2v) is 3.99. The maximum Gasteiger partial charge on any atom is 0.231 e. The van der Waals surface area contributed by atoms with Crippen LogP contribution >= 0.6 is 0 Å². The normalized spacial score (nSPS) is 23.6. The largest absolute Gasteiger partial charge is 0.369 e. The molecule has 1 heterocycles. The lowest BCUT2D eigenvalue weighted by Gasteiger charge is -2.32. The summed E-state index contributed by atoms with van der Waals surface area (Å²) < 4.78 is 0. The first kappa shape index (κ1) is 11.5. The van der Waals surface area contributed by atoms with Gasteiger partial charge in [-0.3, -0.25) is 9.69 Å². The Morgan fingerprint density at radius 2 is 2.43 bits per heavy atom. The first-order chi connectivity index (χ1) is 6.72. The summed E-state index contributed by atoms with van der Waals surface area (Å²) >= 11 is 0. The van der Waals surface area contributed by atoms with E-state index in [9.17, 15) is 4.79 Å². The van der Waals surface area contributed by atoms with E-state index in [0.717, 1.165) is 32.5 Å². The van der Waals surface area contributed by atoms with E-state index < -0.39 is 0 Å². The van der Waals surface area contributed by atoms with Crippen LogP contribution in [-0.4, -0.2) is 43.0 Å². The summed E-state index contributed by atoms with van der Waals surface area (Å²) in [5.41, 5.74) is 5.17. The number of carbonyl (C=O) groups is 1. The average Bonchev–Trinajstić information content (AvgIpc) is 2.14. The van der Waals surface area contributed by atoms with Gasteiger partial charge in [0, 0.05) is 12.6 Å². The molecule has 0 aliphatic carbocycles. The number of primary amides is 1. The quantitative estimate of drug-likeness (QED) is 0.652. The third kappa shape index (κ3) is 4.07. The van der Waals surface area contributed by atoms with Gasteiger partial charge in [-0.05, 0) is 32.4 Å². The summed E-state index contributed by atoms with van der Waals surface area (Å²) in [6.45, 7) is 5.60. The maximum absolute atomic E-state index is 10.7. The molecule has 4 heteroatoms. The Hall–Kier alpha value is -0.610. The van der Waals surface area contributed by atoms with Crippen molar-refractivity contribution in [2.75, 3.05) is 26.2 Å². The summed E-state index contributed by atoms with van der Waals surface area (Å²) in [5, 5.41) is 3.48. The van der Waals surface area contributed by atoms with Gasteiger partial charge < -0.3 is 11.1 Å². The first-order valence-corrected chi connectivity index (χ1v) is 5.46. The van der Waals surface area contributed by atoms with Crippen molar-refractivity contribution in [2.45, 2.75) is 32.2 Å². The summed E-state index contributed by atoms with van der Waals surface area (Å²) in [4.78, 5) is 12.9. The molecule has 0 aromatic carbocycles. The SMILES string of the molecule is CCCNC1CCCN(CC(N)=O)C1. The van der Waals surface area contributed by atoms with Crippen LogP contribution in [-0.2, 0) is 4.79 Å². The molecule has 4 nitrogen and oxygen atoms in total. The molecule has 0 spiro atoms. The molecule has 1 amide bonds. The number of hydrogen-bond acceptors (Lipinski definition) is 3. The molecule has 82 valence electrons. The van der Waals surface area contributed by atoms with Gasteiger partial charge in [0.1, 0.15) is 0 Å². The van der Waals surface area contributed by atoms with Crippen LogP contribution in [0, 0.1) is 0 Å².